The van der Waals surface area contributed by atoms with Crippen LogP contribution in [0.25, 0.3) is 21.5 Å². The molecule has 0 aromatic heterocycles. The number of hydrogen-bond acceptors (Lipinski definition) is 15. The molecule has 2 aliphatic rings. The zero-order chi connectivity index (χ0) is 56.6. The van der Waals surface area contributed by atoms with Gasteiger partial charge in [-0.2, -0.15) is 29.8 Å². The van der Waals surface area contributed by atoms with Gasteiger partial charge in [-0.05, 0) is 103 Å². The summed E-state index contributed by atoms with van der Waals surface area (Å²) >= 11 is 3.83. The molecule has 78 heavy (non-hydrogen) atoms. The van der Waals surface area contributed by atoms with E-state index in [0.29, 0.717) is 125 Å². The molecule has 4 aromatic rings. The summed E-state index contributed by atoms with van der Waals surface area (Å²) in [5.41, 5.74) is 3.20. The number of hydrogen-bond donors (Lipinski definition) is 3. The molecule has 0 saturated carbocycles. The lowest BCUT2D eigenvalue weighted by atomic mass is 9.75. The number of allylic oxidation sites excluding steroid dienone is 6. The van der Waals surface area contributed by atoms with E-state index in [1.807, 2.05) is 48.3 Å². The zero-order valence-electron chi connectivity index (χ0n) is 45.0. The molecule has 2 atom stereocenters. The van der Waals surface area contributed by atoms with Crippen molar-refractivity contribution in [2.75, 3.05) is 130 Å². The van der Waals surface area contributed by atoms with Crippen molar-refractivity contribution in [3.63, 3.8) is 0 Å². The van der Waals surface area contributed by atoms with Gasteiger partial charge in [0.25, 0.3) is 30.4 Å². The predicted molar refractivity (Wildman–Crippen MR) is 303 cm³/mol. The number of fused-ring (bicyclic) bond motifs is 6. The molecule has 0 amide bonds. The highest BCUT2D eigenvalue weighted by molar-refractivity contribution is 9.11. The van der Waals surface area contributed by atoms with Crippen molar-refractivity contribution in [2.24, 2.45) is 0 Å². The van der Waals surface area contributed by atoms with E-state index in [1.165, 1.54) is 18.2 Å². The number of rotatable bonds is 35. The molecule has 2 aliphatic heterocycles. The van der Waals surface area contributed by atoms with Gasteiger partial charge in [-0.15, -0.1) is 0 Å². The Balaban J connectivity index is 1.38. The van der Waals surface area contributed by atoms with E-state index in [0.717, 1.165) is 40.0 Å². The Hall–Kier alpha value is -4.02. The van der Waals surface area contributed by atoms with Crippen LogP contribution in [0.5, 0.6) is 0 Å². The van der Waals surface area contributed by atoms with Crippen LogP contribution in [0, 0.1) is 0 Å². The van der Waals surface area contributed by atoms with Crippen molar-refractivity contribution < 1.29 is 81.4 Å². The molecule has 0 bridgehead atoms. The van der Waals surface area contributed by atoms with Gasteiger partial charge >= 0.3 is 0 Å². The van der Waals surface area contributed by atoms with Crippen molar-refractivity contribution in [1.82, 2.24) is 0 Å². The number of nitrogens with zero attached hydrogens (tertiary/aromatic N) is 2. The lowest BCUT2D eigenvalue weighted by Gasteiger charge is -2.31. The summed E-state index contributed by atoms with van der Waals surface area (Å²) in [4.78, 5) is 1.50. The first kappa shape index (κ1) is 63.2. The van der Waals surface area contributed by atoms with Crippen molar-refractivity contribution in [1.29, 1.82) is 0 Å². The van der Waals surface area contributed by atoms with Gasteiger partial charge in [0.2, 0.25) is 5.69 Å². The molecule has 2 unspecified atom stereocenters. The first-order valence-corrected chi connectivity index (χ1v) is 31.1. The number of halogens is 1. The van der Waals surface area contributed by atoms with E-state index < -0.39 is 46.9 Å². The summed E-state index contributed by atoms with van der Waals surface area (Å²) in [6.45, 7) is 12.3. The maximum atomic E-state index is 12.7. The largest absolute Gasteiger partial charge is 0.382 e. The van der Waals surface area contributed by atoms with Crippen LogP contribution < -0.4 is 4.90 Å². The molecule has 6 rings (SSSR count). The normalized spacial score (nSPS) is 18.7. The summed E-state index contributed by atoms with van der Waals surface area (Å²) in [5.74, 6) is -0.503. The van der Waals surface area contributed by atoms with Crippen LogP contribution in [0.3, 0.4) is 0 Å². The fourth-order valence-electron chi connectivity index (χ4n) is 10.2. The average molecular weight is 1210 g/mol. The van der Waals surface area contributed by atoms with E-state index in [-0.39, 0.29) is 36.0 Å². The van der Waals surface area contributed by atoms with E-state index >= 15 is 0 Å². The fourth-order valence-corrected chi connectivity index (χ4v) is 12.1. The molecule has 430 valence electrons. The van der Waals surface area contributed by atoms with E-state index in [4.69, 9.17) is 37.9 Å². The monoisotopic (exact) mass is 1210 g/mol. The highest BCUT2D eigenvalue weighted by atomic mass is 79.9. The average Bonchev–Trinajstić information content (AvgIpc) is 3.95. The highest BCUT2D eigenvalue weighted by Gasteiger charge is 2.49. The van der Waals surface area contributed by atoms with Gasteiger partial charge in [0.15, 0.2) is 5.71 Å². The SMILES string of the molecule is CCC[N+]1=C(/C=C/C(Br)=C/C=C2/N(CCCS(=O)(=O)O)c3ccc4c(S(=O)(=O)O)cccc4c3C2(C)CCOCCOCCOCCOC)C(C)(CCOCCOCCOCCOC)c2c1ccc1ccc(S(=O)(=O)O)cc21. The summed E-state index contributed by atoms with van der Waals surface area (Å²) < 4.78 is 153. The van der Waals surface area contributed by atoms with Gasteiger partial charge in [0, 0.05) is 84.8 Å². The maximum Gasteiger partial charge on any atom is 0.295 e. The molecule has 0 fully saturated rings. The quantitative estimate of drug-likeness (QED) is 0.0170. The predicted octanol–water partition coefficient (Wildman–Crippen LogP) is 8.20. The summed E-state index contributed by atoms with van der Waals surface area (Å²) in [6.07, 6.45) is 9.45. The van der Waals surface area contributed by atoms with E-state index in [9.17, 15) is 38.9 Å². The first-order valence-electron chi connectivity index (χ1n) is 25.9. The van der Waals surface area contributed by atoms with Crippen LogP contribution in [0.4, 0.5) is 11.4 Å². The minimum atomic E-state index is -4.64. The molecule has 0 radical (unpaired) electrons. The lowest BCUT2D eigenvalue weighted by molar-refractivity contribution is -0.437. The third-order valence-electron chi connectivity index (χ3n) is 13.8. The van der Waals surface area contributed by atoms with Crippen LogP contribution in [0.1, 0.15) is 57.6 Å². The third kappa shape index (κ3) is 16.3. The zero-order valence-corrected chi connectivity index (χ0v) is 49.0. The second kappa shape index (κ2) is 29.1. The Labute approximate surface area is 467 Å². The molecule has 0 aliphatic carbocycles. The standard InChI is InChI=1S/C55H73BrN2O17S3/c1-6-23-57-47-17-12-41-11-15-43(77(62,63)64)40-46(41)53(47)55(3,22-26-71-32-34-75-38-36-73-30-28-69-5)50(57)19-13-42(56)14-20-51-54(2,21-25-70-31-33-74-37-35-72-29-27-68-4)52-45-9-7-10-49(78(65,66)67)44(45)16-18-48(52)58(51)24-8-39-76(59,60)61/h7,9-20,40H,6,8,21-39H2,1-5H3,(H2-,59,60,61,62,63,64,65,66,67)/p+1. The van der Waals surface area contributed by atoms with Crippen molar-refractivity contribution in [3.8, 4) is 0 Å². The van der Waals surface area contributed by atoms with Crippen LogP contribution in [0.2, 0.25) is 0 Å². The first-order chi connectivity index (χ1) is 37.2. The number of methoxy groups -OCH3 is 2. The summed E-state index contributed by atoms with van der Waals surface area (Å²) in [5, 5.41) is 2.35. The van der Waals surface area contributed by atoms with E-state index in [1.54, 1.807) is 44.6 Å². The number of benzene rings is 4. The van der Waals surface area contributed by atoms with Crippen LogP contribution in [-0.4, -0.2) is 175 Å². The topological polar surface area (TPSA) is 243 Å². The lowest BCUT2D eigenvalue weighted by Crippen LogP contribution is -2.33. The molecule has 4 aromatic carbocycles. The van der Waals surface area contributed by atoms with Crippen molar-refractivity contribution >= 4 is 84.9 Å². The molecule has 2 heterocycles. The second-order valence-electron chi connectivity index (χ2n) is 19.2. The van der Waals surface area contributed by atoms with Crippen molar-refractivity contribution in [3.05, 3.63) is 106 Å². The maximum absolute atomic E-state index is 12.7. The van der Waals surface area contributed by atoms with Gasteiger partial charge in [0.1, 0.15) is 11.4 Å². The Morgan fingerprint density at radius 3 is 1.77 bits per heavy atom. The van der Waals surface area contributed by atoms with Crippen LogP contribution >= 0.6 is 15.9 Å². The highest BCUT2D eigenvalue weighted by Crippen LogP contribution is 2.54. The van der Waals surface area contributed by atoms with Gasteiger partial charge in [0.05, 0.1) is 95.3 Å². The molecular formula is C55H74BrN2O17S3+. The Morgan fingerprint density at radius 1 is 0.654 bits per heavy atom. The molecule has 23 heteroatoms. The molecular weight excluding hydrogens is 1140 g/mol. The van der Waals surface area contributed by atoms with Crippen LogP contribution in [-0.2, 0) is 79.1 Å². The number of ether oxygens (including phenoxy) is 8. The van der Waals surface area contributed by atoms with Crippen LogP contribution in [0.15, 0.2) is 105 Å². The smallest absolute Gasteiger partial charge is 0.295 e. The minimum Gasteiger partial charge on any atom is -0.382 e. The Morgan fingerprint density at radius 2 is 1.22 bits per heavy atom. The second-order valence-corrected chi connectivity index (χ2v) is 24.5. The molecule has 3 N–H and O–H groups in total. The fraction of sp³-hybridized carbons (Fsp3) is 0.509. The number of anilines is 1. The Bertz CT molecular complexity index is 3170. The van der Waals surface area contributed by atoms with Gasteiger partial charge in [-0.1, -0.05) is 47.1 Å². The summed E-state index contributed by atoms with van der Waals surface area (Å²) in [7, 11) is -10.3. The summed E-state index contributed by atoms with van der Waals surface area (Å²) in [6, 6.07) is 16.7. The molecule has 19 nitrogen and oxygen atoms in total. The third-order valence-corrected chi connectivity index (χ3v) is 16.9. The van der Waals surface area contributed by atoms with Gasteiger partial charge < -0.3 is 42.8 Å². The van der Waals surface area contributed by atoms with Crippen molar-refractivity contribution in [2.45, 2.75) is 67.1 Å². The minimum absolute atomic E-state index is 0.0503. The van der Waals surface area contributed by atoms with Gasteiger partial charge in [-0.25, -0.2) is 0 Å². The van der Waals surface area contributed by atoms with Gasteiger partial charge in [-0.3, -0.25) is 13.7 Å². The molecule has 0 spiro atoms. The molecule has 0 saturated heterocycles. The van der Waals surface area contributed by atoms with E-state index in [2.05, 4.69) is 34.4 Å². The Kier molecular flexibility index (Phi) is 23.6.